The highest BCUT2D eigenvalue weighted by atomic mass is 16.5. The maximum atomic E-state index is 5.87. The Balaban J connectivity index is 1.94. The van der Waals surface area contributed by atoms with Gasteiger partial charge in [-0.2, -0.15) is 0 Å². The fourth-order valence-electron chi connectivity index (χ4n) is 2.21. The van der Waals surface area contributed by atoms with E-state index in [9.17, 15) is 0 Å². The largest absolute Gasteiger partial charge is 0.490 e. The van der Waals surface area contributed by atoms with Crippen LogP contribution in [0, 0.1) is 13.8 Å². The highest BCUT2D eigenvalue weighted by Gasteiger charge is 2.22. The molecule has 1 saturated heterocycles. The van der Waals surface area contributed by atoms with E-state index < -0.39 is 0 Å². The highest BCUT2D eigenvalue weighted by Crippen LogP contribution is 2.25. The Labute approximate surface area is 97.6 Å². The minimum Gasteiger partial charge on any atom is -0.490 e. The van der Waals surface area contributed by atoms with Gasteiger partial charge in [0.2, 0.25) is 0 Å². The van der Waals surface area contributed by atoms with Crippen LogP contribution in [0.25, 0.3) is 0 Å². The first-order valence-corrected chi connectivity index (χ1v) is 6.01. The third kappa shape index (κ3) is 2.56. The van der Waals surface area contributed by atoms with Crippen molar-refractivity contribution in [1.29, 1.82) is 0 Å². The van der Waals surface area contributed by atoms with Crippen molar-refractivity contribution >= 4 is 0 Å². The van der Waals surface area contributed by atoms with Crippen LogP contribution in [0.5, 0.6) is 5.75 Å². The molecule has 2 heteroatoms. The number of hydrogen-bond donors (Lipinski definition) is 0. The standard InChI is InChI=1S/C14H20O2/c1-10-5-4-6-11(2)14(10)15-9-13-8-7-12(3)16-13/h4-6,12-13H,7-9H2,1-3H3. The van der Waals surface area contributed by atoms with Gasteiger partial charge in [0.25, 0.3) is 0 Å². The Bertz CT molecular complexity index is 340. The molecule has 1 aromatic carbocycles. The average molecular weight is 220 g/mol. The summed E-state index contributed by atoms with van der Waals surface area (Å²) in [6.45, 7) is 6.97. The summed E-state index contributed by atoms with van der Waals surface area (Å²) < 4.78 is 11.6. The molecule has 1 aromatic rings. The Hall–Kier alpha value is -1.02. The number of aryl methyl sites for hydroxylation is 2. The van der Waals surface area contributed by atoms with Crippen molar-refractivity contribution in [3.63, 3.8) is 0 Å². The van der Waals surface area contributed by atoms with Gasteiger partial charge in [0, 0.05) is 0 Å². The molecule has 2 rings (SSSR count). The molecule has 0 bridgehead atoms. The van der Waals surface area contributed by atoms with Crippen LogP contribution in [0.3, 0.4) is 0 Å². The Morgan fingerprint density at radius 2 is 1.94 bits per heavy atom. The van der Waals surface area contributed by atoms with Gasteiger partial charge in [-0.05, 0) is 44.7 Å². The monoisotopic (exact) mass is 220 g/mol. The van der Waals surface area contributed by atoms with Crippen LogP contribution in [-0.4, -0.2) is 18.8 Å². The molecule has 2 nitrogen and oxygen atoms in total. The molecule has 2 unspecified atom stereocenters. The van der Waals surface area contributed by atoms with E-state index in [4.69, 9.17) is 9.47 Å². The fourth-order valence-corrected chi connectivity index (χ4v) is 2.21. The molecular weight excluding hydrogens is 200 g/mol. The third-order valence-corrected chi connectivity index (χ3v) is 3.14. The van der Waals surface area contributed by atoms with Crippen molar-refractivity contribution in [2.24, 2.45) is 0 Å². The molecule has 1 aliphatic heterocycles. The van der Waals surface area contributed by atoms with Crippen LogP contribution in [0.2, 0.25) is 0 Å². The molecule has 1 fully saturated rings. The molecule has 0 spiro atoms. The summed E-state index contributed by atoms with van der Waals surface area (Å²) in [6, 6.07) is 6.23. The molecule has 16 heavy (non-hydrogen) atoms. The van der Waals surface area contributed by atoms with Crippen molar-refractivity contribution in [3.8, 4) is 5.75 Å². The van der Waals surface area contributed by atoms with Crippen molar-refractivity contribution in [2.75, 3.05) is 6.61 Å². The molecule has 2 atom stereocenters. The normalized spacial score (nSPS) is 24.7. The molecule has 1 aliphatic rings. The molecule has 0 radical (unpaired) electrons. The maximum Gasteiger partial charge on any atom is 0.125 e. The number of hydrogen-bond acceptors (Lipinski definition) is 2. The second-order valence-corrected chi connectivity index (χ2v) is 4.68. The van der Waals surface area contributed by atoms with E-state index in [0.29, 0.717) is 12.7 Å². The molecule has 0 aromatic heterocycles. The van der Waals surface area contributed by atoms with E-state index in [-0.39, 0.29) is 6.10 Å². The summed E-state index contributed by atoms with van der Waals surface area (Å²) in [5.74, 6) is 1.02. The number of benzene rings is 1. The SMILES string of the molecule is Cc1cccc(C)c1OCC1CCC(C)O1. The van der Waals surface area contributed by atoms with Crippen LogP contribution in [0.15, 0.2) is 18.2 Å². The minimum atomic E-state index is 0.272. The Kier molecular flexibility index (Phi) is 3.49. The van der Waals surface area contributed by atoms with Crippen LogP contribution in [0.1, 0.15) is 30.9 Å². The summed E-state index contributed by atoms with van der Waals surface area (Å²) in [5.41, 5.74) is 2.40. The van der Waals surface area contributed by atoms with Gasteiger partial charge in [-0.3, -0.25) is 0 Å². The van der Waals surface area contributed by atoms with Crippen molar-refractivity contribution < 1.29 is 9.47 Å². The van der Waals surface area contributed by atoms with Gasteiger partial charge in [0.1, 0.15) is 12.4 Å². The smallest absolute Gasteiger partial charge is 0.125 e. The molecule has 0 N–H and O–H groups in total. The lowest BCUT2D eigenvalue weighted by molar-refractivity contribution is 0.0262. The van der Waals surface area contributed by atoms with Gasteiger partial charge >= 0.3 is 0 Å². The molecule has 0 amide bonds. The summed E-state index contributed by atoms with van der Waals surface area (Å²) in [7, 11) is 0. The van der Waals surface area contributed by atoms with Crippen molar-refractivity contribution in [1.82, 2.24) is 0 Å². The lowest BCUT2D eigenvalue weighted by atomic mass is 10.1. The van der Waals surface area contributed by atoms with E-state index >= 15 is 0 Å². The molecule has 1 heterocycles. The van der Waals surface area contributed by atoms with Crippen molar-refractivity contribution in [2.45, 2.75) is 45.8 Å². The van der Waals surface area contributed by atoms with E-state index in [1.165, 1.54) is 11.1 Å². The maximum absolute atomic E-state index is 5.87. The predicted octanol–water partition coefficient (Wildman–Crippen LogP) is 3.25. The molecule has 0 saturated carbocycles. The van der Waals surface area contributed by atoms with Crippen molar-refractivity contribution in [3.05, 3.63) is 29.3 Å². The van der Waals surface area contributed by atoms with Gasteiger partial charge in [0.05, 0.1) is 12.2 Å². The van der Waals surface area contributed by atoms with E-state index in [0.717, 1.165) is 18.6 Å². The molecular formula is C14H20O2. The highest BCUT2D eigenvalue weighted by molar-refractivity contribution is 5.39. The van der Waals surface area contributed by atoms with E-state index in [1.807, 2.05) is 0 Å². The first kappa shape index (κ1) is 11.5. The first-order valence-electron chi connectivity index (χ1n) is 6.01. The van der Waals surface area contributed by atoms with E-state index in [2.05, 4.69) is 39.0 Å². The summed E-state index contributed by atoms with van der Waals surface area (Å²) in [5, 5.41) is 0. The van der Waals surface area contributed by atoms with Crippen LogP contribution in [0.4, 0.5) is 0 Å². The lowest BCUT2D eigenvalue weighted by Gasteiger charge is -2.15. The zero-order valence-corrected chi connectivity index (χ0v) is 10.3. The number of para-hydroxylation sites is 1. The predicted molar refractivity (Wildman–Crippen MR) is 65.0 cm³/mol. The molecule has 88 valence electrons. The summed E-state index contributed by atoms with van der Waals surface area (Å²) >= 11 is 0. The fraction of sp³-hybridized carbons (Fsp3) is 0.571. The summed E-state index contributed by atoms with van der Waals surface area (Å²) in [6.07, 6.45) is 2.94. The van der Waals surface area contributed by atoms with Gasteiger partial charge in [0.15, 0.2) is 0 Å². The van der Waals surface area contributed by atoms with Gasteiger partial charge < -0.3 is 9.47 Å². The Morgan fingerprint density at radius 3 is 2.50 bits per heavy atom. The summed E-state index contributed by atoms with van der Waals surface area (Å²) in [4.78, 5) is 0. The van der Waals surface area contributed by atoms with Crippen LogP contribution < -0.4 is 4.74 Å². The first-order chi connectivity index (χ1) is 7.66. The van der Waals surface area contributed by atoms with E-state index in [1.54, 1.807) is 0 Å². The topological polar surface area (TPSA) is 18.5 Å². The quantitative estimate of drug-likeness (QED) is 0.778. The number of rotatable bonds is 3. The average Bonchev–Trinajstić information content (AvgIpc) is 2.63. The Morgan fingerprint density at radius 1 is 1.25 bits per heavy atom. The van der Waals surface area contributed by atoms with Gasteiger partial charge in [-0.1, -0.05) is 18.2 Å². The van der Waals surface area contributed by atoms with Gasteiger partial charge in [-0.15, -0.1) is 0 Å². The second-order valence-electron chi connectivity index (χ2n) is 4.68. The van der Waals surface area contributed by atoms with Crippen LogP contribution in [-0.2, 0) is 4.74 Å². The lowest BCUT2D eigenvalue weighted by Crippen LogP contribution is -2.18. The van der Waals surface area contributed by atoms with Crippen LogP contribution >= 0.6 is 0 Å². The minimum absolute atomic E-state index is 0.272. The number of ether oxygens (including phenoxy) is 2. The zero-order valence-electron chi connectivity index (χ0n) is 10.3. The third-order valence-electron chi connectivity index (χ3n) is 3.14. The van der Waals surface area contributed by atoms with Gasteiger partial charge in [-0.25, -0.2) is 0 Å². The molecule has 0 aliphatic carbocycles. The zero-order chi connectivity index (χ0) is 11.5. The second kappa shape index (κ2) is 4.88.